The Hall–Kier alpha value is -2.42. The van der Waals surface area contributed by atoms with Gasteiger partial charge in [-0.3, -0.25) is 0 Å². The van der Waals surface area contributed by atoms with Gasteiger partial charge in [0.05, 0.1) is 11.1 Å². The van der Waals surface area contributed by atoms with Crippen molar-refractivity contribution in [2.24, 2.45) is 10.6 Å². The van der Waals surface area contributed by atoms with Crippen LogP contribution in [0.3, 0.4) is 0 Å². The van der Waals surface area contributed by atoms with Gasteiger partial charge < -0.3 is 4.84 Å². The second-order valence-electron chi connectivity index (χ2n) is 6.96. The Morgan fingerprint density at radius 1 is 1.12 bits per heavy atom. The summed E-state index contributed by atoms with van der Waals surface area (Å²) < 4.78 is 0. The van der Waals surface area contributed by atoms with Crippen molar-refractivity contribution in [3.63, 3.8) is 0 Å². The number of nitrogens with zero attached hydrogens (tertiary/aromatic N) is 1. The van der Waals surface area contributed by atoms with Crippen molar-refractivity contribution in [1.29, 1.82) is 0 Å². The molecule has 1 aliphatic rings. The van der Waals surface area contributed by atoms with Crippen molar-refractivity contribution in [2.45, 2.75) is 40.5 Å². The number of hydrogen-bond donors (Lipinski definition) is 0. The Morgan fingerprint density at radius 2 is 1.83 bits per heavy atom. The Morgan fingerprint density at radius 3 is 2.58 bits per heavy atom. The van der Waals surface area contributed by atoms with Gasteiger partial charge in [0.1, 0.15) is 0 Å². The minimum atomic E-state index is -0.515. The number of oxime groups is 1. The van der Waals surface area contributed by atoms with Crippen molar-refractivity contribution < 1.29 is 9.63 Å². The number of fused-ring (bicyclic) bond motifs is 3. The SMILES string of the molecule is CCC(C)(C)C(=O)O/N=C(\C)c1cccc2c1Cc1ccccc1-2. The molecule has 0 aliphatic heterocycles. The summed E-state index contributed by atoms with van der Waals surface area (Å²) in [6.07, 6.45) is 1.61. The van der Waals surface area contributed by atoms with Crippen LogP contribution in [0.25, 0.3) is 11.1 Å². The molecule has 0 saturated heterocycles. The zero-order valence-corrected chi connectivity index (χ0v) is 14.7. The lowest BCUT2D eigenvalue weighted by Crippen LogP contribution is -2.24. The van der Waals surface area contributed by atoms with Crippen LogP contribution >= 0.6 is 0 Å². The summed E-state index contributed by atoms with van der Waals surface area (Å²) in [5.41, 5.74) is 6.39. The highest BCUT2D eigenvalue weighted by Crippen LogP contribution is 2.38. The first-order chi connectivity index (χ1) is 11.4. The first kappa shape index (κ1) is 16.4. The third kappa shape index (κ3) is 2.86. The van der Waals surface area contributed by atoms with Gasteiger partial charge in [-0.2, -0.15) is 0 Å². The van der Waals surface area contributed by atoms with Crippen LogP contribution in [0.2, 0.25) is 0 Å². The van der Waals surface area contributed by atoms with Crippen LogP contribution < -0.4 is 0 Å². The number of carbonyl (C=O) groups excluding carboxylic acids is 1. The maximum atomic E-state index is 12.1. The molecule has 24 heavy (non-hydrogen) atoms. The van der Waals surface area contributed by atoms with Gasteiger partial charge in [-0.05, 0) is 55.9 Å². The maximum Gasteiger partial charge on any atom is 0.340 e. The van der Waals surface area contributed by atoms with Crippen molar-refractivity contribution >= 4 is 11.7 Å². The molecule has 0 N–H and O–H groups in total. The van der Waals surface area contributed by atoms with E-state index in [-0.39, 0.29) is 5.97 Å². The predicted octanol–water partition coefficient (Wildman–Crippen LogP) is 4.96. The van der Waals surface area contributed by atoms with Crippen LogP contribution in [0.4, 0.5) is 0 Å². The van der Waals surface area contributed by atoms with E-state index in [0.717, 1.165) is 24.1 Å². The Bertz CT molecular complexity index is 818. The number of benzene rings is 2. The molecule has 0 fully saturated rings. The van der Waals surface area contributed by atoms with Crippen LogP contribution in [-0.4, -0.2) is 11.7 Å². The molecule has 2 aromatic carbocycles. The molecule has 0 unspecified atom stereocenters. The third-order valence-corrected chi connectivity index (χ3v) is 4.94. The van der Waals surface area contributed by atoms with Crippen LogP contribution in [-0.2, 0) is 16.1 Å². The highest BCUT2D eigenvalue weighted by molar-refractivity contribution is 6.02. The van der Waals surface area contributed by atoms with Gasteiger partial charge in [0.15, 0.2) is 0 Å². The summed E-state index contributed by atoms with van der Waals surface area (Å²) in [7, 11) is 0. The van der Waals surface area contributed by atoms with Crippen molar-refractivity contribution in [1.82, 2.24) is 0 Å². The van der Waals surface area contributed by atoms with Gasteiger partial charge in [0.2, 0.25) is 0 Å². The molecular weight excluding hydrogens is 298 g/mol. The lowest BCUT2D eigenvalue weighted by molar-refractivity contribution is -0.154. The maximum absolute atomic E-state index is 12.1. The average molecular weight is 321 g/mol. The van der Waals surface area contributed by atoms with Crippen LogP contribution in [0.15, 0.2) is 47.6 Å². The van der Waals surface area contributed by atoms with E-state index in [2.05, 4.69) is 35.5 Å². The summed E-state index contributed by atoms with van der Waals surface area (Å²) >= 11 is 0. The van der Waals surface area contributed by atoms with Gasteiger partial charge in [0.25, 0.3) is 0 Å². The molecular formula is C21H23NO2. The van der Waals surface area contributed by atoms with Crippen LogP contribution in [0.1, 0.15) is 50.8 Å². The Labute approximate surface area is 143 Å². The molecule has 0 radical (unpaired) electrons. The number of carbonyl (C=O) groups is 1. The lowest BCUT2D eigenvalue weighted by Gasteiger charge is -2.17. The quantitative estimate of drug-likeness (QED) is 0.387. The molecule has 0 spiro atoms. The van der Waals surface area contributed by atoms with Crippen molar-refractivity contribution in [3.8, 4) is 11.1 Å². The Balaban J connectivity index is 1.89. The van der Waals surface area contributed by atoms with E-state index >= 15 is 0 Å². The van der Waals surface area contributed by atoms with E-state index in [0.29, 0.717) is 0 Å². The zero-order chi connectivity index (χ0) is 17.3. The largest absolute Gasteiger partial charge is 0.340 e. The number of rotatable bonds is 4. The fraction of sp³-hybridized carbons (Fsp3) is 0.333. The van der Waals surface area contributed by atoms with Gasteiger partial charge in [-0.1, -0.05) is 54.5 Å². The first-order valence-corrected chi connectivity index (χ1v) is 8.40. The molecule has 3 nitrogen and oxygen atoms in total. The summed E-state index contributed by atoms with van der Waals surface area (Å²) in [6, 6.07) is 14.7. The van der Waals surface area contributed by atoms with Crippen molar-refractivity contribution in [3.05, 3.63) is 59.2 Å². The van der Waals surface area contributed by atoms with E-state index in [1.165, 1.54) is 22.3 Å². The summed E-state index contributed by atoms with van der Waals surface area (Å²) in [5, 5.41) is 4.12. The highest BCUT2D eigenvalue weighted by Gasteiger charge is 2.28. The molecule has 124 valence electrons. The molecule has 0 bridgehead atoms. The molecule has 1 aliphatic carbocycles. The second kappa shape index (κ2) is 6.23. The van der Waals surface area contributed by atoms with E-state index in [1.807, 2.05) is 39.8 Å². The van der Waals surface area contributed by atoms with Gasteiger partial charge in [-0.15, -0.1) is 0 Å². The molecule has 3 heteroatoms. The molecule has 0 amide bonds. The monoisotopic (exact) mass is 321 g/mol. The molecule has 0 aromatic heterocycles. The van der Waals surface area contributed by atoms with Crippen molar-refractivity contribution in [2.75, 3.05) is 0 Å². The fourth-order valence-electron chi connectivity index (χ4n) is 2.92. The van der Waals surface area contributed by atoms with E-state index in [9.17, 15) is 4.79 Å². The van der Waals surface area contributed by atoms with Gasteiger partial charge >= 0.3 is 5.97 Å². The molecule has 3 rings (SSSR count). The molecule has 2 aromatic rings. The zero-order valence-electron chi connectivity index (χ0n) is 14.7. The minimum Gasteiger partial charge on any atom is -0.317 e. The second-order valence-corrected chi connectivity index (χ2v) is 6.96. The van der Waals surface area contributed by atoms with Gasteiger partial charge in [0, 0.05) is 5.56 Å². The van der Waals surface area contributed by atoms with Gasteiger partial charge in [-0.25, -0.2) is 4.79 Å². The van der Waals surface area contributed by atoms with E-state index < -0.39 is 5.41 Å². The Kier molecular flexibility index (Phi) is 4.27. The standard InChI is InChI=1S/C21H23NO2/c1-5-21(3,4)20(23)24-22-14(2)16-11-8-12-18-17-10-7-6-9-15(17)13-19(16)18/h6-12H,5,13H2,1-4H3/b22-14+. The smallest absolute Gasteiger partial charge is 0.317 e. The average Bonchev–Trinajstić information content (AvgIpc) is 2.97. The molecule has 0 heterocycles. The van der Waals surface area contributed by atoms with Crippen LogP contribution in [0.5, 0.6) is 0 Å². The third-order valence-electron chi connectivity index (χ3n) is 4.94. The van der Waals surface area contributed by atoms with E-state index in [1.54, 1.807) is 0 Å². The predicted molar refractivity (Wildman–Crippen MR) is 97.1 cm³/mol. The number of hydrogen-bond acceptors (Lipinski definition) is 3. The minimum absolute atomic E-state index is 0.291. The topological polar surface area (TPSA) is 38.7 Å². The molecule has 0 saturated carbocycles. The fourth-order valence-corrected chi connectivity index (χ4v) is 2.92. The highest BCUT2D eigenvalue weighted by atomic mass is 16.7. The van der Waals surface area contributed by atoms with E-state index in [4.69, 9.17) is 4.84 Å². The molecule has 0 atom stereocenters. The summed E-state index contributed by atoms with van der Waals surface area (Å²) in [5.74, 6) is -0.291. The summed E-state index contributed by atoms with van der Waals surface area (Å²) in [6.45, 7) is 7.61. The first-order valence-electron chi connectivity index (χ1n) is 8.40. The lowest BCUT2D eigenvalue weighted by atomic mass is 9.91. The summed E-state index contributed by atoms with van der Waals surface area (Å²) in [4.78, 5) is 17.3. The van der Waals surface area contributed by atoms with Crippen LogP contribution in [0, 0.1) is 5.41 Å². The normalized spacial score (nSPS) is 13.4.